The van der Waals surface area contributed by atoms with Crippen LogP contribution in [-0.4, -0.2) is 57.8 Å². The summed E-state index contributed by atoms with van der Waals surface area (Å²) >= 11 is 0. The first-order valence-corrected chi connectivity index (χ1v) is 10.0. The number of likely N-dealkylation sites (tertiary alicyclic amines) is 2. The monoisotopic (exact) mass is 378 g/mol. The van der Waals surface area contributed by atoms with E-state index in [9.17, 15) is 9.59 Å². The van der Waals surface area contributed by atoms with Crippen LogP contribution >= 0.6 is 0 Å². The lowest BCUT2D eigenvalue weighted by molar-refractivity contribution is -0.136. The van der Waals surface area contributed by atoms with E-state index < -0.39 is 0 Å². The van der Waals surface area contributed by atoms with Gasteiger partial charge in [0.2, 0.25) is 11.8 Å². The highest BCUT2D eigenvalue weighted by Gasteiger charge is 2.51. The summed E-state index contributed by atoms with van der Waals surface area (Å²) < 4.78 is 0. The Bertz CT molecular complexity index is 827. The third-order valence-corrected chi connectivity index (χ3v) is 6.03. The second-order valence-corrected chi connectivity index (χ2v) is 7.82. The Labute approximate surface area is 165 Å². The molecule has 2 saturated heterocycles. The molecule has 0 radical (unpaired) electrons. The van der Waals surface area contributed by atoms with Gasteiger partial charge < -0.3 is 9.80 Å². The molecule has 1 aromatic carbocycles. The fourth-order valence-corrected chi connectivity index (χ4v) is 4.33. The predicted molar refractivity (Wildman–Crippen MR) is 105 cm³/mol. The lowest BCUT2D eigenvalue weighted by Crippen LogP contribution is -2.39. The van der Waals surface area contributed by atoms with Gasteiger partial charge in [-0.3, -0.25) is 19.6 Å². The van der Waals surface area contributed by atoms with E-state index in [0.29, 0.717) is 25.9 Å². The van der Waals surface area contributed by atoms with Crippen molar-refractivity contribution in [2.45, 2.75) is 32.1 Å². The number of hydrogen-bond donors (Lipinski definition) is 0. The number of carbonyl (C=O) groups excluding carboxylic acids is 2. The van der Waals surface area contributed by atoms with Crippen LogP contribution in [-0.2, 0) is 22.4 Å². The molecule has 0 bridgehead atoms. The number of amides is 2. The van der Waals surface area contributed by atoms with Gasteiger partial charge in [-0.05, 0) is 31.2 Å². The van der Waals surface area contributed by atoms with Crippen LogP contribution < -0.4 is 0 Å². The van der Waals surface area contributed by atoms with Crippen LogP contribution in [0.5, 0.6) is 0 Å². The molecule has 2 aromatic rings. The predicted octanol–water partition coefficient (Wildman–Crippen LogP) is 2.10. The van der Waals surface area contributed by atoms with Gasteiger partial charge in [0.15, 0.2) is 0 Å². The Morgan fingerprint density at radius 3 is 2.68 bits per heavy atom. The average molecular weight is 378 g/mol. The summed E-state index contributed by atoms with van der Waals surface area (Å²) in [5.41, 5.74) is 1.72. The normalized spacial score (nSPS) is 21.6. The van der Waals surface area contributed by atoms with Gasteiger partial charge in [-0.2, -0.15) is 0 Å². The van der Waals surface area contributed by atoms with Crippen LogP contribution in [0.3, 0.4) is 0 Å². The molecule has 1 spiro atoms. The number of hydrogen-bond acceptors (Lipinski definition) is 4. The summed E-state index contributed by atoms with van der Waals surface area (Å²) in [6, 6.07) is 10.3. The summed E-state index contributed by atoms with van der Waals surface area (Å²) in [5.74, 6) is 0.339. The largest absolute Gasteiger partial charge is 0.342 e. The molecule has 2 fully saturated rings. The van der Waals surface area contributed by atoms with E-state index in [-0.39, 0.29) is 17.2 Å². The number of carbonyl (C=O) groups is 2. The maximum Gasteiger partial charge on any atom is 0.230 e. The molecule has 0 saturated carbocycles. The molecule has 2 amide bonds. The summed E-state index contributed by atoms with van der Waals surface area (Å²) in [7, 11) is 0. The maximum atomic E-state index is 13.1. The van der Waals surface area contributed by atoms with Crippen LogP contribution in [0.1, 0.15) is 30.5 Å². The van der Waals surface area contributed by atoms with Crippen molar-refractivity contribution in [2.24, 2.45) is 5.41 Å². The third kappa shape index (κ3) is 3.91. The van der Waals surface area contributed by atoms with Crippen molar-refractivity contribution in [3.8, 4) is 0 Å². The third-order valence-electron chi connectivity index (χ3n) is 6.03. The number of rotatable bonds is 6. The number of aromatic nitrogens is 2. The molecule has 1 aromatic heterocycles. The molecule has 146 valence electrons. The molecule has 1 unspecified atom stereocenters. The van der Waals surface area contributed by atoms with E-state index in [1.54, 1.807) is 18.6 Å². The molecule has 0 N–H and O–H groups in total. The topological polar surface area (TPSA) is 66.4 Å². The fourth-order valence-electron chi connectivity index (χ4n) is 4.33. The molecule has 4 rings (SSSR count). The van der Waals surface area contributed by atoms with Crippen molar-refractivity contribution in [3.63, 3.8) is 0 Å². The minimum absolute atomic E-state index is 0.109. The Kier molecular flexibility index (Phi) is 5.37. The highest BCUT2D eigenvalue weighted by Crippen LogP contribution is 2.40. The highest BCUT2D eigenvalue weighted by molar-refractivity contribution is 5.87. The SMILES string of the molecule is O=C(CCc1cnccn1)N1CCC2(CCN(CCc3ccccc3)C2=O)C1. The number of nitrogens with zero attached hydrogens (tertiary/aromatic N) is 4. The van der Waals surface area contributed by atoms with Crippen molar-refractivity contribution in [3.05, 3.63) is 60.2 Å². The summed E-state index contributed by atoms with van der Waals surface area (Å²) in [6.07, 6.45) is 8.50. The zero-order valence-corrected chi connectivity index (χ0v) is 16.1. The highest BCUT2D eigenvalue weighted by atomic mass is 16.2. The van der Waals surface area contributed by atoms with Crippen molar-refractivity contribution in [2.75, 3.05) is 26.2 Å². The van der Waals surface area contributed by atoms with Crippen LogP contribution in [0.25, 0.3) is 0 Å². The summed E-state index contributed by atoms with van der Waals surface area (Å²) in [6.45, 7) is 2.79. The fraction of sp³-hybridized carbons (Fsp3) is 0.455. The number of aryl methyl sites for hydroxylation is 1. The second kappa shape index (κ2) is 8.09. The molecule has 3 heterocycles. The zero-order chi connectivity index (χ0) is 19.4. The zero-order valence-electron chi connectivity index (χ0n) is 16.1. The molecule has 1 atom stereocenters. The van der Waals surface area contributed by atoms with Crippen LogP contribution in [0.2, 0.25) is 0 Å². The van der Waals surface area contributed by atoms with Gasteiger partial charge >= 0.3 is 0 Å². The van der Waals surface area contributed by atoms with Gasteiger partial charge in [0, 0.05) is 51.2 Å². The first-order chi connectivity index (χ1) is 13.7. The molecule has 6 heteroatoms. The average Bonchev–Trinajstić information content (AvgIpc) is 3.31. The van der Waals surface area contributed by atoms with E-state index in [0.717, 1.165) is 38.0 Å². The Hall–Kier alpha value is -2.76. The van der Waals surface area contributed by atoms with Gasteiger partial charge in [-0.1, -0.05) is 30.3 Å². The van der Waals surface area contributed by atoms with E-state index in [4.69, 9.17) is 0 Å². The Balaban J connectivity index is 1.30. The summed E-state index contributed by atoms with van der Waals surface area (Å²) in [5, 5.41) is 0. The van der Waals surface area contributed by atoms with E-state index in [1.165, 1.54) is 5.56 Å². The van der Waals surface area contributed by atoms with Crippen molar-refractivity contribution in [1.82, 2.24) is 19.8 Å². The minimum Gasteiger partial charge on any atom is -0.342 e. The first-order valence-electron chi connectivity index (χ1n) is 10.0. The lowest BCUT2D eigenvalue weighted by Gasteiger charge is -2.24. The standard InChI is InChI=1S/C22H26N4O2/c27-20(7-6-19-16-23-11-12-24-19)26-15-10-22(17-26)9-14-25(21(22)28)13-8-18-4-2-1-3-5-18/h1-5,11-12,16H,6-10,13-15,17H2. The van der Waals surface area contributed by atoms with E-state index in [1.807, 2.05) is 28.0 Å². The van der Waals surface area contributed by atoms with Crippen molar-refractivity contribution >= 4 is 11.8 Å². The van der Waals surface area contributed by atoms with Crippen LogP contribution in [0, 0.1) is 5.41 Å². The van der Waals surface area contributed by atoms with Crippen LogP contribution in [0.4, 0.5) is 0 Å². The molecule has 0 aliphatic carbocycles. The Morgan fingerprint density at radius 1 is 1.07 bits per heavy atom. The van der Waals surface area contributed by atoms with Crippen molar-refractivity contribution in [1.29, 1.82) is 0 Å². The van der Waals surface area contributed by atoms with E-state index in [2.05, 4.69) is 22.1 Å². The van der Waals surface area contributed by atoms with Gasteiger partial charge in [0.1, 0.15) is 0 Å². The van der Waals surface area contributed by atoms with Gasteiger partial charge in [-0.25, -0.2) is 0 Å². The number of benzene rings is 1. The molecular weight excluding hydrogens is 352 g/mol. The minimum atomic E-state index is -0.362. The van der Waals surface area contributed by atoms with Crippen LogP contribution in [0.15, 0.2) is 48.9 Å². The molecular formula is C22H26N4O2. The van der Waals surface area contributed by atoms with Gasteiger partial charge in [0.05, 0.1) is 11.1 Å². The first kappa shape index (κ1) is 18.6. The van der Waals surface area contributed by atoms with Crippen molar-refractivity contribution < 1.29 is 9.59 Å². The molecule has 2 aliphatic heterocycles. The molecule has 6 nitrogen and oxygen atoms in total. The van der Waals surface area contributed by atoms with Gasteiger partial charge in [0.25, 0.3) is 0 Å². The smallest absolute Gasteiger partial charge is 0.230 e. The molecule has 28 heavy (non-hydrogen) atoms. The Morgan fingerprint density at radius 2 is 1.89 bits per heavy atom. The summed E-state index contributed by atoms with van der Waals surface area (Å²) in [4.78, 5) is 37.8. The van der Waals surface area contributed by atoms with Gasteiger partial charge in [-0.15, -0.1) is 0 Å². The quantitative estimate of drug-likeness (QED) is 0.772. The maximum absolute atomic E-state index is 13.1. The second-order valence-electron chi connectivity index (χ2n) is 7.82. The van der Waals surface area contributed by atoms with E-state index >= 15 is 0 Å². The lowest BCUT2D eigenvalue weighted by atomic mass is 9.85. The molecule has 2 aliphatic rings.